The Bertz CT molecular complexity index is 796. The van der Waals surface area contributed by atoms with Gasteiger partial charge in [-0.05, 0) is 36.2 Å². The van der Waals surface area contributed by atoms with Gasteiger partial charge < -0.3 is 20.1 Å². The number of anilines is 2. The number of carbonyl (C=O) groups is 2. The Morgan fingerprint density at radius 1 is 1.15 bits per heavy atom. The predicted octanol–water partition coefficient (Wildman–Crippen LogP) is 2.74. The van der Waals surface area contributed by atoms with Crippen molar-refractivity contribution < 1.29 is 23.5 Å². The lowest BCUT2D eigenvalue weighted by molar-refractivity contribution is -0.120. The van der Waals surface area contributed by atoms with Gasteiger partial charge in [-0.25, -0.2) is 4.39 Å². The maximum Gasteiger partial charge on any atom is 0.250 e. The van der Waals surface area contributed by atoms with Gasteiger partial charge >= 0.3 is 0 Å². The molecule has 2 amide bonds. The van der Waals surface area contributed by atoms with Crippen LogP contribution in [0.25, 0.3) is 0 Å². The zero-order valence-electron chi connectivity index (χ0n) is 14.1. The number of hydrogen-bond donors (Lipinski definition) is 2. The zero-order chi connectivity index (χ0) is 18.4. The summed E-state index contributed by atoms with van der Waals surface area (Å²) < 4.78 is 24.7. The third-order valence-electron chi connectivity index (χ3n) is 3.84. The Morgan fingerprint density at radius 2 is 1.96 bits per heavy atom. The predicted molar refractivity (Wildman–Crippen MR) is 94.7 cm³/mol. The summed E-state index contributed by atoms with van der Waals surface area (Å²) in [5.41, 5.74) is 1.25. The highest BCUT2D eigenvalue weighted by Gasteiger charge is 2.18. The third kappa shape index (κ3) is 4.80. The van der Waals surface area contributed by atoms with Gasteiger partial charge in [-0.2, -0.15) is 0 Å². The molecule has 1 aliphatic heterocycles. The second kappa shape index (κ2) is 8.44. The summed E-state index contributed by atoms with van der Waals surface area (Å²) in [6, 6.07) is 12.0. The molecule has 0 radical (unpaired) electrons. The molecule has 2 aromatic carbocycles. The lowest BCUT2D eigenvalue weighted by atomic mass is 10.0. The highest BCUT2D eigenvalue weighted by Crippen LogP contribution is 2.28. The van der Waals surface area contributed by atoms with Gasteiger partial charge in [-0.15, -0.1) is 0 Å². The van der Waals surface area contributed by atoms with E-state index in [1.165, 1.54) is 12.1 Å². The van der Waals surface area contributed by atoms with Gasteiger partial charge in [0.05, 0.1) is 12.3 Å². The minimum Gasteiger partial charge on any atom is -0.491 e. The van der Waals surface area contributed by atoms with E-state index in [0.29, 0.717) is 25.1 Å². The molecule has 2 aromatic rings. The number of para-hydroxylation sites is 1. The summed E-state index contributed by atoms with van der Waals surface area (Å²) in [7, 11) is 0. The highest BCUT2D eigenvalue weighted by molar-refractivity contribution is 5.96. The fraction of sp³-hybridized carbons (Fsp3) is 0.263. The zero-order valence-corrected chi connectivity index (χ0v) is 14.1. The van der Waals surface area contributed by atoms with E-state index in [1.54, 1.807) is 0 Å². The molecular formula is C19H19FN2O4. The molecule has 0 bridgehead atoms. The molecule has 7 heteroatoms. The number of amides is 2. The van der Waals surface area contributed by atoms with Crippen molar-refractivity contribution in [2.45, 2.75) is 12.8 Å². The van der Waals surface area contributed by atoms with Crippen LogP contribution in [-0.2, 0) is 20.7 Å². The molecule has 3 rings (SSSR count). The third-order valence-corrected chi connectivity index (χ3v) is 3.84. The number of rotatable bonds is 7. The number of aryl methyl sites for hydroxylation is 1. The van der Waals surface area contributed by atoms with Crippen LogP contribution in [0, 0.1) is 5.82 Å². The van der Waals surface area contributed by atoms with Crippen molar-refractivity contribution in [1.29, 1.82) is 0 Å². The van der Waals surface area contributed by atoms with Crippen LogP contribution in [-0.4, -0.2) is 31.6 Å². The van der Waals surface area contributed by atoms with Crippen molar-refractivity contribution in [3.05, 3.63) is 53.8 Å². The maximum absolute atomic E-state index is 14.1. The van der Waals surface area contributed by atoms with Gasteiger partial charge in [-0.1, -0.05) is 18.2 Å². The van der Waals surface area contributed by atoms with E-state index >= 15 is 0 Å². The standard InChI is InChI=1S/C19H19FN2O4/c20-15-10-13-6-7-18(23)21-16(13)11-17(15)22-19(24)12-25-8-9-26-14-4-2-1-3-5-14/h1-5,10-11H,6-9,12H2,(H,21,23)(H,22,24). The Hall–Kier alpha value is -2.93. The topological polar surface area (TPSA) is 76.7 Å². The molecule has 0 saturated heterocycles. The lowest BCUT2D eigenvalue weighted by Gasteiger charge is -2.18. The number of ether oxygens (including phenoxy) is 2. The van der Waals surface area contributed by atoms with Crippen molar-refractivity contribution >= 4 is 23.2 Å². The smallest absolute Gasteiger partial charge is 0.250 e. The molecule has 6 nitrogen and oxygen atoms in total. The summed E-state index contributed by atoms with van der Waals surface area (Å²) in [5.74, 6) is -0.423. The van der Waals surface area contributed by atoms with Crippen molar-refractivity contribution in [1.82, 2.24) is 0 Å². The van der Waals surface area contributed by atoms with E-state index in [-0.39, 0.29) is 24.8 Å². The lowest BCUT2D eigenvalue weighted by Crippen LogP contribution is -2.22. The second-order valence-electron chi connectivity index (χ2n) is 5.80. The summed E-state index contributed by atoms with van der Waals surface area (Å²) >= 11 is 0. The molecular weight excluding hydrogens is 339 g/mol. The number of carbonyl (C=O) groups excluding carboxylic acids is 2. The number of fused-ring (bicyclic) bond motifs is 1. The van der Waals surface area contributed by atoms with Crippen molar-refractivity contribution in [2.24, 2.45) is 0 Å². The van der Waals surface area contributed by atoms with Gasteiger partial charge in [-0.3, -0.25) is 9.59 Å². The Morgan fingerprint density at radius 3 is 2.77 bits per heavy atom. The maximum atomic E-state index is 14.1. The first kappa shape index (κ1) is 17.9. The van der Waals surface area contributed by atoms with Crippen LogP contribution >= 0.6 is 0 Å². The van der Waals surface area contributed by atoms with E-state index in [4.69, 9.17) is 9.47 Å². The monoisotopic (exact) mass is 358 g/mol. The van der Waals surface area contributed by atoms with E-state index in [2.05, 4.69) is 10.6 Å². The van der Waals surface area contributed by atoms with Gasteiger partial charge in [0.15, 0.2) is 0 Å². The van der Waals surface area contributed by atoms with Gasteiger partial charge in [0.2, 0.25) is 11.8 Å². The summed E-state index contributed by atoms with van der Waals surface area (Å²) in [4.78, 5) is 23.3. The van der Waals surface area contributed by atoms with Crippen molar-refractivity contribution in [2.75, 3.05) is 30.5 Å². The number of benzene rings is 2. The molecule has 26 heavy (non-hydrogen) atoms. The summed E-state index contributed by atoms with van der Waals surface area (Å²) in [5, 5.41) is 5.12. The van der Waals surface area contributed by atoms with E-state index < -0.39 is 11.7 Å². The quantitative estimate of drug-likeness (QED) is 0.746. The van der Waals surface area contributed by atoms with Crippen molar-refractivity contribution in [3.63, 3.8) is 0 Å². The van der Waals surface area contributed by atoms with Crippen LogP contribution in [0.15, 0.2) is 42.5 Å². The van der Waals surface area contributed by atoms with E-state index in [9.17, 15) is 14.0 Å². The molecule has 1 heterocycles. The Labute approximate surface area is 150 Å². The normalized spacial score (nSPS) is 12.9. The number of halogens is 1. The molecule has 0 saturated carbocycles. The number of hydrogen-bond acceptors (Lipinski definition) is 4. The Kier molecular flexibility index (Phi) is 5.80. The van der Waals surface area contributed by atoms with Gasteiger partial charge in [0.25, 0.3) is 0 Å². The molecule has 0 atom stereocenters. The average Bonchev–Trinajstić information content (AvgIpc) is 2.63. The fourth-order valence-corrected chi connectivity index (χ4v) is 2.58. The van der Waals surface area contributed by atoms with Gasteiger partial charge in [0, 0.05) is 12.1 Å². The molecule has 0 fully saturated rings. The first-order valence-corrected chi connectivity index (χ1v) is 8.29. The van der Waals surface area contributed by atoms with Crippen LogP contribution in [0.2, 0.25) is 0 Å². The van der Waals surface area contributed by atoms with Crippen LogP contribution in [0.5, 0.6) is 5.75 Å². The summed E-state index contributed by atoms with van der Waals surface area (Å²) in [6.45, 7) is 0.308. The molecule has 0 aromatic heterocycles. The molecule has 1 aliphatic rings. The molecule has 0 aliphatic carbocycles. The van der Waals surface area contributed by atoms with E-state index in [1.807, 2.05) is 30.3 Å². The first-order chi connectivity index (χ1) is 12.6. The second-order valence-corrected chi connectivity index (χ2v) is 5.80. The molecule has 2 N–H and O–H groups in total. The minimum absolute atomic E-state index is 0.0140. The SMILES string of the molecule is O=C(COCCOc1ccccc1)Nc1cc2c(cc1F)CCC(=O)N2. The molecule has 136 valence electrons. The van der Waals surface area contributed by atoms with Crippen molar-refractivity contribution in [3.8, 4) is 5.75 Å². The van der Waals surface area contributed by atoms with E-state index in [0.717, 1.165) is 11.3 Å². The average molecular weight is 358 g/mol. The minimum atomic E-state index is -0.541. The fourth-order valence-electron chi connectivity index (χ4n) is 2.58. The Balaban J connectivity index is 1.44. The van der Waals surface area contributed by atoms with Crippen LogP contribution in [0.4, 0.5) is 15.8 Å². The van der Waals surface area contributed by atoms with Crippen LogP contribution in [0.1, 0.15) is 12.0 Å². The highest BCUT2D eigenvalue weighted by atomic mass is 19.1. The van der Waals surface area contributed by atoms with Gasteiger partial charge in [0.1, 0.15) is 24.8 Å². The largest absolute Gasteiger partial charge is 0.491 e. The first-order valence-electron chi connectivity index (χ1n) is 8.29. The molecule has 0 unspecified atom stereocenters. The van der Waals surface area contributed by atoms with Crippen LogP contribution < -0.4 is 15.4 Å². The van der Waals surface area contributed by atoms with Crippen LogP contribution in [0.3, 0.4) is 0 Å². The molecule has 0 spiro atoms. The summed E-state index contributed by atoms with van der Waals surface area (Å²) in [6.07, 6.45) is 0.813. The number of nitrogens with one attached hydrogen (secondary N) is 2.